The van der Waals surface area contributed by atoms with E-state index in [1.165, 1.54) is 18.9 Å². The van der Waals surface area contributed by atoms with Crippen molar-refractivity contribution in [3.05, 3.63) is 29.8 Å². The standard InChI is InChI=1S/C8H8ClN5O/c9-6-3-10-4-12-8(6)11-2-1-7-13-5-15-14-7/h3-5H,1-2H2,(H,10,11,12). The molecule has 0 spiro atoms. The molecule has 0 aromatic carbocycles. The van der Waals surface area contributed by atoms with Gasteiger partial charge in [-0.05, 0) is 0 Å². The van der Waals surface area contributed by atoms with E-state index in [0.717, 1.165) is 0 Å². The van der Waals surface area contributed by atoms with E-state index in [1.807, 2.05) is 0 Å². The molecular formula is C8H8ClN5O. The molecule has 2 rings (SSSR count). The summed E-state index contributed by atoms with van der Waals surface area (Å²) < 4.78 is 4.60. The molecule has 0 aliphatic rings. The number of rotatable bonds is 4. The summed E-state index contributed by atoms with van der Waals surface area (Å²) in [5.41, 5.74) is 0. The van der Waals surface area contributed by atoms with Gasteiger partial charge in [-0.2, -0.15) is 4.98 Å². The Morgan fingerprint density at radius 2 is 2.33 bits per heavy atom. The Hall–Kier alpha value is -1.69. The van der Waals surface area contributed by atoms with Gasteiger partial charge in [-0.3, -0.25) is 0 Å². The van der Waals surface area contributed by atoms with Gasteiger partial charge in [0.05, 0.1) is 6.20 Å². The third-order valence-corrected chi connectivity index (χ3v) is 1.99. The quantitative estimate of drug-likeness (QED) is 0.842. The van der Waals surface area contributed by atoms with E-state index < -0.39 is 0 Å². The SMILES string of the molecule is Clc1cncnc1NCCc1ncon1. The minimum absolute atomic E-state index is 0.491. The second kappa shape index (κ2) is 4.70. The van der Waals surface area contributed by atoms with Crippen molar-refractivity contribution in [2.45, 2.75) is 6.42 Å². The molecule has 6 nitrogen and oxygen atoms in total. The Morgan fingerprint density at radius 1 is 1.40 bits per heavy atom. The van der Waals surface area contributed by atoms with Gasteiger partial charge in [-0.15, -0.1) is 0 Å². The summed E-state index contributed by atoms with van der Waals surface area (Å²) in [5, 5.41) is 7.22. The molecule has 0 atom stereocenters. The molecule has 2 aromatic heterocycles. The molecule has 7 heteroatoms. The fourth-order valence-corrected chi connectivity index (χ4v) is 1.21. The van der Waals surface area contributed by atoms with Crippen LogP contribution in [0.5, 0.6) is 0 Å². The first-order valence-corrected chi connectivity index (χ1v) is 4.68. The third kappa shape index (κ3) is 2.63. The average molecular weight is 226 g/mol. The monoisotopic (exact) mass is 225 g/mol. The molecule has 0 saturated heterocycles. The molecule has 0 amide bonds. The lowest BCUT2D eigenvalue weighted by Crippen LogP contribution is -2.07. The Balaban J connectivity index is 1.86. The average Bonchev–Trinajstić information content (AvgIpc) is 2.74. The Labute approximate surface area is 90.7 Å². The van der Waals surface area contributed by atoms with Gasteiger partial charge in [-0.1, -0.05) is 16.8 Å². The van der Waals surface area contributed by atoms with Crippen molar-refractivity contribution < 1.29 is 4.52 Å². The van der Waals surface area contributed by atoms with E-state index in [1.54, 1.807) is 0 Å². The number of nitrogens with one attached hydrogen (secondary N) is 1. The maximum absolute atomic E-state index is 5.85. The summed E-state index contributed by atoms with van der Waals surface area (Å²) in [4.78, 5) is 11.6. The third-order valence-electron chi connectivity index (χ3n) is 1.72. The summed E-state index contributed by atoms with van der Waals surface area (Å²) in [5.74, 6) is 1.25. The summed E-state index contributed by atoms with van der Waals surface area (Å²) in [6, 6.07) is 0. The lowest BCUT2D eigenvalue weighted by atomic mass is 10.4. The molecule has 0 aliphatic carbocycles. The fraction of sp³-hybridized carbons (Fsp3) is 0.250. The zero-order valence-corrected chi connectivity index (χ0v) is 8.48. The number of nitrogens with zero attached hydrogens (tertiary/aromatic N) is 4. The highest BCUT2D eigenvalue weighted by atomic mass is 35.5. The first-order chi connectivity index (χ1) is 7.36. The highest BCUT2D eigenvalue weighted by molar-refractivity contribution is 6.32. The van der Waals surface area contributed by atoms with Gasteiger partial charge in [0.1, 0.15) is 17.2 Å². The van der Waals surface area contributed by atoms with Crippen molar-refractivity contribution in [3.63, 3.8) is 0 Å². The van der Waals surface area contributed by atoms with Gasteiger partial charge >= 0.3 is 0 Å². The van der Waals surface area contributed by atoms with Crippen LogP contribution >= 0.6 is 11.6 Å². The van der Waals surface area contributed by atoms with Crippen molar-refractivity contribution in [1.29, 1.82) is 0 Å². The van der Waals surface area contributed by atoms with Gasteiger partial charge in [0.2, 0.25) is 6.39 Å². The molecule has 2 heterocycles. The van der Waals surface area contributed by atoms with Crippen LogP contribution in [0.15, 0.2) is 23.4 Å². The van der Waals surface area contributed by atoms with Crippen LogP contribution in [0.4, 0.5) is 5.82 Å². The number of hydrogen-bond acceptors (Lipinski definition) is 6. The zero-order valence-electron chi connectivity index (χ0n) is 7.72. The molecule has 0 radical (unpaired) electrons. The normalized spacial score (nSPS) is 10.2. The van der Waals surface area contributed by atoms with Crippen molar-refractivity contribution in [2.75, 3.05) is 11.9 Å². The lowest BCUT2D eigenvalue weighted by Gasteiger charge is -2.03. The predicted molar refractivity (Wildman–Crippen MR) is 53.5 cm³/mol. The van der Waals surface area contributed by atoms with E-state index >= 15 is 0 Å². The maximum Gasteiger partial charge on any atom is 0.213 e. The van der Waals surface area contributed by atoms with Gasteiger partial charge in [-0.25, -0.2) is 9.97 Å². The van der Waals surface area contributed by atoms with E-state index in [-0.39, 0.29) is 0 Å². The summed E-state index contributed by atoms with van der Waals surface area (Å²) in [6.45, 7) is 0.635. The van der Waals surface area contributed by atoms with Gasteiger partial charge in [0.25, 0.3) is 0 Å². The van der Waals surface area contributed by atoms with Crippen molar-refractivity contribution in [1.82, 2.24) is 20.1 Å². The Bertz CT molecular complexity index is 419. The first kappa shape index (κ1) is 9.85. The van der Waals surface area contributed by atoms with E-state index in [2.05, 4.69) is 29.9 Å². The molecule has 15 heavy (non-hydrogen) atoms. The molecule has 78 valence electrons. The number of halogens is 1. The first-order valence-electron chi connectivity index (χ1n) is 4.31. The largest absolute Gasteiger partial charge is 0.368 e. The van der Waals surface area contributed by atoms with Crippen LogP contribution in [0.3, 0.4) is 0 Å². The number of aromatic nitrogens is 4. The molecular weight excluding hydrogens is 218 g/mol. The van der Waals surface area contributed by atoms with Crippen molar-refractivity contribution in [2.24, 2.45) is 0 Å². The van der Waals surface area contributed by atoms with Gasteiger partial charge in [0, 0.05) is 13.0 Å². The molecule has 1 N–H and O–H groups in total. The highest BCUT2D eigenvalue weighted by Gasteiger charge is 2.01. The van der Waals surface area contributed by atoms with Crippen LogP contribution < -0.4 is 5.32 Å². The molecule has 0 aliphatic heterocycles. The topological polar surface area (TPSA) is 76.7 Å². The summed E-state index contributed by atoms with van der Waals surface area (Å²) >= 11 is 5.85. The summed E-state index contributed by atoms with van der Waals surface area (Å²) in [7, 11) is 0. The van der Waals surface area contributed by atoms with Crippen LogP contribution in [0.2, 0.25) is 5.02 Å². The van der Waals surface area contributed by atoms with Crippen LogP contribution in [-0.4, -0.2) is 26.7 Å². The number of anilines is 1. The Morgan fingerprint density at radius 3 is 3.07 bits per heavy atom. The van der Waals surface area contributed by atoms with Crippen LogP contribution in [-0.2, 0) is 6.42 Å². The van der Waals surface area contributed by atoms with Crippen molar-refractivity contribution >= 4 is 17.4 Å². The highest BCUT2D eigenvalue weighted by Crippen LogP contribution is 2.15. The smallest absolute Gasteiger partial charge is 0.213 e. The Kier molecular flexibility index (Phi) is 3.08. The second-order valence-corrected chi connectivity index (χ2v) is 3.15. The molecule has 2 aromatic rings. The molecule has 0 unspecified atom stereocenters. The number of hydrogen-bond donors (Lipinski definition) is 1. The molecule has 0 saturated carbocycles. The lowest BCUT2D eigenvalue weighted by molar-refractivity contribution is 0.410. The molecule has 0 fully saturated rings. The van der Waals surface area contributed by atoms with E-state index in [4.69, 9.17) is 11.6 Å². The second-order valence-electron chi connectivity index (χ2n) is 2.74. The van der Waals surface area contributed by atoms with Crippen LogP contribution in [0, 0.1) is 0 Å². The van der Waals surface area contributed by atoms with E-state index in [0.29, 0.717) is 29.6 Å². The fourth-order valence-electron chi connectivity index (χ4n) is 1.04. The minimum Gasteiger partial charge on any atom is -0.368 e. The molecule has 0 bridgehead atoms. The van der Waals surface area contributed by atoms with Gasteiger partial charge in [0.15, 0.2) is 5.82 Å². The zero-order chi connectivity index (χ0) is 10.5. The minimum atomic E-state index is 0.491. The van der Waals surface area contributed by atoms with E-state index in [9.17, 15) is 0 Å². The predicted octanol–water partition coefficient (Wildman–Crippen LogP) is 1.17. The van der Waals surface area contributed by atoms with Gasteiger partial charge < -0.3 is 9.84 Å². The van der Waals surface area contributed by atoms with Crippen LogP contribution in [0.1, 0.15) is 5.82 Å². The summed E-state index contributed by atoms with van der Waals surface area (Å²) in [6.07, 6.45) is 4.91. The van der Waals surface area contributed by atoms with Crippen molar-refractivity contribution in [3.8, 4) is 0 Å². The maximum atomic E-state index is 5.85. The van der Waals surface area contributed by atoms with Crippen LogP contribution in [0.25, 0.3) is 0 Å².